The van der Waals surface area contributed by atoms with Crippen LogP contribution in [0.5, 0.6) is 0 Å². The number of thioether (sulfide) groups is 1. The highest BCUT2D eigenvalue weighted by molar-refractivity contribution is 8.01. The van der Waals surface area contributed by atoms with E-state index in [4.69, 9.17) is 9.47 Å². The van der Waals surface area contributed by atoms with Gasteiger partial charge in [0.2, 0.25) is 0 Å². The Hall–Kier alpha value is 0.670. The third kappa shape index (κ3) is 4.34. The summed E-state index contributed by atoms with van der Waals surface area (Å²) in [6.45, 7) is 1.83. The average Bonchev–Trinajstić information content (AvgIpc) is 2.81. The molecule has 2 aliphatic heterocycles. The molecule has 0 aromatic rings. The van der Waals surface area contributed by atoms with Crippen LogP contribution in [-0.4, -0.2) is 72.2 Å². The van der Waals surface area contributed by atoms with Gasteiger partial charge in [-0.3, -0.25) is 0 Å². The molecule has 0 bridgehead atoms. The van der Waals surface area contributed by atoms with Crippen molar-refractivity contribution in [3.8, 4) is 0 Å². The van der Waals surface area contributed by atoms with Crippen LogP contribution in [0.15, 0.2) is 0 Å². The van der Waals surface area contributed by atoms with Crippen molar-refractivity contribution in [3.63, 3.8) is 0 Å². The lowest BCUT2D eigenvalue weighted by Gasteiger charge is -2.31. The predicted octanol–water partition coefficient (Wildman–Crippen LogP) is -1.03. The number of aliphatic hydroxyl groups excluding tert-OH is 1. The molecule has 4 nitrogen and oxygen atoms in total. The molecule has 2 N–H and O–H groups in total. The first-order chi connectivity index (χ1) is 9.30. The van der Waals surface area contributed by atoms with Crippen molar-refractivity contribution < 1.29 is 19.7 Å². The highest BCUT2D eigenvalue weighted by Gasteiger charge is 2.41. The second-order valence-electron chi connectivity index (χ2n) is 6.23. The van der Waals surface area contributed by atoms with Crippen molar-refractivity contribution in [2.75, 3.05) is 6.61 Å². The molecule has 2 aliphatic rings. The van der Waals surface area contributed by atoms with Gasteiger partial charge in [0.15, 0.2) is 0 Å². The van der Waals surface area contributed by atoms with Gasteiger partial charge in [-0.1, -0.05) is 0 Å². The van der Waals surface area contributed by atoms with Gasteiger partial charge in [-0.2, -0.15) is 12.6 Å². The van der Waals surface area contributed by atoms with E-state index in [-0.39, 0.29) is 41.3 Å². The number of aliphatic hydroxyl groups is 2. The van der Waals surface area contributed by atoms with Gasteiger partial charge in [-0.05, 0) is 19.8 Å². The molecule has 0 amide bonds. The van der Waals surface area contributed by atoms with Crippen LogP contribution >= 0.6 is 24.4 Å². The van der Waals surface area contributed by atoms with Crippen LogP contribution in [0.1, 0.15) is 26.2 Å². The first-order valence-electron chi connectivity index (χ1n) is 7.31. The summed E-state index contributed by atoms with van der Waals surface area (Å²) < 4.78 is 11.5. The van der Waals surface area contributed by atoms with Gasteiger partial charge < -0.3 is 19.7 Å². The number of thiol groups is 1. The van der Waals surface area contributed by atoms with Crippen molar-refractivity contribution in [1.29, 1.82) is 0 Å². The molecule has 0 spiro atoms. The molecule has 2 rings (SSSR count). The molecule has 0 saturated carbocycles. The third-order valence-corrected chi connectivity index (χ3v) is 5.98. The standard InChI is InChI=1S/C12H24B2O4S2/c1-12(16,4-6-8(19)2-10(13)17-6)20-9-3-11(14)18-7(9)5-15/h6-11,15-16,19H,2-5,13-14H2,1H3/t6-,7-,8?,9?,10-,11-,12?/m1/s1. The van der Waals surface area contributed by atoms with E-state index in [9.17, 15) is 10.2 Å². The van der Waals surface area contributed by atoms with E-state index in [2.05, 4.69) is 12.6 Å². The first kappa shape index (κ1) is 17.0. The van der Waals surface area contributed by atoms with Crippen LogP contribution < -0.4 is 0 Å². The summed E-state index contributed by atoms with van der Waals surface area (Å²) in [7, 11) is 4.04. The highest BCUT2D eigenvalue weighted by atomic mass is 32.2. The van der Waals surface area contributed by atoms with E-state index in [0.717, 1.165) is 12.8 Å². The summed E-state index contributed by atoms with van der Waals surface area (Å²) in [5.74, 6) is 0. The fourth-order valence-corrected chi connectivity index (χ4v) is 5.13. The summed E-state index contributed by atoms with van der Waals surface area (Å²) in [6.07, 6.45) is 2.15. The first-order valence-corrected chi connectivity index (χ1v) is 8.70. The minimum atomic E-state index is -0.888. The van der Waals surface area contributed by atoms with Gasteiger partial charge in [0.05, 0.1) is 18.8 Å². The fourth-order valence-electron chi connectivity index (χ4n) is 3.07. The maximum atomic E-state index is 10.7. The van der Waals surface area contributed by atoms with Gasteiger partial charge in [-0.25, -0.2) is 0 Å². The molecule has 2 fully saturated rings. The van der Waals surface area contributed by atoms with Crippen LogP contribution in [-0.2, 0) is 9.47 Å². The molecule has 20 heavy (non-hydrogen) atoms. The normalized spacial score (nSPS) is 44.6. The molecule has 0 aromatic carbocycles. The minimum absolute atomic E-state index is 0.00421. The quantitative estimate of drug-likeness (QED) is 0.344. The Kier molecular flexibility index (Phi) is 5.82. The van der Waals surface area contributed by atoms with Crippen LogP contribution in [0.25, 0.3) is 0 Å². The number of hydrogen-bond donors (Lipinski definition) is 3. The topological polar surface area (TPSA) is 58.9 Å². The predicted molar refractivity (Wildman–Crippen MR) is 90.1 cm³/mol. The van der Waals surface area contributed by atoms with Crippen molar-refractivity contribution >= 4 is 40.1 Å². The minimum Gasteiger partial charge on any atom is -0.394 e. The van der Waals surface area contributed by atoms with E-state index >= 15 is 0 Å². The SMILES string of the molecule is B[C@H]1CC(S)[C@@H](CC(C)(O)SC2C[C@H](B)O[C@@H]2CO)O1. The highest BCUT2D eigenvalue weighted by Crippen LogP contribution is 2.41. The Bertz CT molecular complexity index is 335. The van der Waals surface area contributed by atoms with Crippen LogP contribution in [0.2, 0.25) is 0 Å². The molecular weight excluding hydrogens is 294 g/mol. The molecule has 0 aromatic heterocycles. The van der Waals surface area contributed by atoms with Gasteiger partial charge >= 0.3 is 0 Å². The summed E-state index contributed by atoms with van der Waals surface area (Å²) in [5, 5.41) is 20.3. The smallest absolute Gasteiger partial charge is 0.139 e. The second kappa shape index (κ2) is 6.84. The van der Waals surface area contributed by atoms with E-state index < -0.39 is 4.93 Å². The Morgan fingerprint density at radius 3 is 2.40 bits per heavy atom. The van der Waals surface area contributed by atoms with Crippen molar-refractivity contribution in [2.45, 2.75) is 65.8 Å². The number of hydrogen-bond acceptors (Lipinski definition) is 6. The Balaban J connectivity index is 1.90. The van der Waals surface area contributed by atoms with E-state index in [0.29, 0.717) is 6.42 Å². The summed E-state index contributed by atoms with van der Waals surface area (Å²) in [6, 6.07) is 0.351. The Morgan fingerprint density at radius 2 is 1.85 bits per heavy atom. The molecule has 7 atom stereocenters. The summed E-state index contributed by atoms with van der Waals surface area (Å²) >= 11 is 6.04. The fraction of sp³-hybridized carbons (Fsp3) is 1.00. The summed E-state index contributed by atoms with van der Waals surface area (Å²) in [5.41, 5.74) is 0. The molecule has 2 saturated heterocycles. The molecule has 3 unspecified atom stereocenters. The van der Waals surface area contributed by atoms with Gasteiger partial charge in [0.25, 0.3) is 0 Å². The van der Waals surface area contributed by atoms with Gasteiger partial charge in [0.1, 0.15) is 20.6 Å². The average molecular weight is 318 g/mol. The van der Waals surface area contributed by atoms with Crippen molar-refractivity contribution in [1.82, 2.24) is 0 Å². The van der Waals surface area contributed by atoms with Gasteiger partial charge in [-0.15, -0.1) is 11.8 Å². The largest absolute Gasteiger partial charge is 0.394 e. The zero-order chi connectivity index (χ0) is 14.9. The summed E-state index contributed by atoms with van der Waals surface area (Å²) in [4.78, 5) is -0.888. The number of ether oxygens (including phenoxy) is 2. The Labute approximate surface area is 132 Å². The molecule has 0 aliphatic carbocycles. The van der Waals surface area contributed by atoms with E-state index in [1.807, 2.05) is 22.6 Å². The molecule has 0 radical (unpaired) electrons. The molecule has 8 heteroatoms. The van der Waals surface area contributed by atoms with Crippen molar-refractivity contribution in [3.05, 3.63) is 0 Å². The van der Waals surface area contributed by atoms with E-state index in [1.54, 1.807) is 0 Å². The lowest BCUT2D eigenvalue weighted by Crippen LogP contribution is -2.34. The molecule has 114 valence electrons. The van der Waals surface area contributed by atoms with Crippen molar-refractivity contribution in [2.24, 2.45) is 0 Å². The lowest BCUT2D eigenvalue weighted by atomic mass is 9.96. The zero-order valence-corrected chi connectivity index (χ0v) is 14.1. The third-order valence-electron chi connectivity index (χ3n) is 3.96. The van der Waals surface area contributed by atoms with Crippen LogP contribution in [0.3, 0.4) is 0 Å². The van der Waals surface area contributed by atoms with Crippen LogP contribution in [0, 0.1) is 0 Å². The number of rotatable bonds is 5. The zero-order valence-electron chi connectivity index (χ0n) is 12.4. The molecule has 2 heterocycles. The second-order valence-corrected chi connectivity index (χ2v) is 8.61. The van der Waals surface area contributed by atoms with Gasteiger partial charge in [0, 0.05) is 28.9 Å². The monoisotopic (exact) mass is 318 g/mol. The van der Waals surface area contributed by atoms with Crippen LogP contribution in [0.4, 0.5) is 0 Å². The lowest BCUT2D eigenvalue weighted by molar-refractivity contribution is 0.0323. The maximum absolute atomic E-state index is 10.7. The molecular formula is C12H24B2O4S2. The Morgan fingerprint density at radius 1 is 1.25 bits per heavy atom. The van der Waals surface area contributed by atoms with E-state index in [1.165, 1.54) is 11.8 Å². The maximum Gasteiger partial charge on any atom is 0.139 e.